The van der Waals surface area contributed by atoms with Crippen LogP contribution in [0.1, 0.15) is 6.92 Å². The van der Waals surface area contributed by atoms with E-state index in [0.29, 0.717) is 0 Å². The van der Waals surface area contributed by atoms with Crippen molar-refractivity contribution in [2.24, 2.45) is 0 Å². The summed E-state index contributed by atoms with van der Waals surface area (Å²) in [6.45, 7) is 2.73. The maximum Gasteiger partial charge on any atom is 0.0600 e. The van der Waals surface area contributed by atoms with Gasteiger partial charge in [0.25, 0.3) is 0 Å². The third kappa shape index (κ3) is 0.518. The molecule has 1 aliphatic rings. The molecule has 0 radical (unpaired) electrons. The summed E-state index contributed by atoms with van der Waals surface area (Å²) >= 11 is 0. The first kappa shape index (κ1) is 3.68. The first-order valence-electron chi connectivity index (χ1n) is 1.88. The molecular formula is C4H6NO-. The van der Waals surface area contributed by atoms with Crippen LogP contribution in [0.15, 0.2) is 11.8 Å². The summed E-state index contributed by atoms with van der Waals surface area (Å²) in [5, 5.41) is 0. The van der Waals surface area contributed by atoms with Gasteiger partial charge in [0, 0.05) is 0 Å². The van der Waals surface area contributed by atoms with E-state index >= 15 is 0 Å². The van der Waals surface area contributed by atoms with Gasteiger partial charge in [-0.15, -0.1) is 0 Å². The summed E-state index contributed by atoms with van der Waals surface area (Å²) in [7, 11) is 0. The van der Waals surface area contributed by atoms with Crippen molar-refractivity contribution in [3.05, 3.63) is 17.3 Å². The second-order valence-corrected chi connectivity index (χ2v) is 1.36. The molecule has 6 heavy (non-hydrogen) atoms. The Morgan fingerprint density at radius 1 is 2.00 bits per heavy atom. The molecule has 0 aromatic rings. The summed E-state index contributed by atoms with van der Waals surface area (Å²) in [5.41, 5.74) is 4.76. The van der Waals surface area contributed by atoms with Crippen LogP contribution in [0.2, 0.25) is 0 Å². The summed E-state index contributed by atoms with van der Waals surface area (Å²) in [6.07, 6.45) is 1.65. The molecule has 0 saturated carbocycles. The number of hydrogen-bond acceptors (Lipinski definition) is 1. The van der Waals surface area contributed by atoms with Gasteiger partial charge < -0.3 is 10.3 Å². The Bertz CT molecular complexity index is 77.6. The molecule has 0 unspecified atom stereocenters. The standard InChI is InChI=1S/C4H6NO/c1-4-2-5-6-3-4/h3H,2H2,1H3/q-1. The number of hydroxylamine groups is 1. The first-order valence-corrected chi connectivity index (χ1v) is 1.88. The zero-order valence-corrected chi connectivity index (χ0v) is 3.64. The predicted octanol–water partition coefficient (Wildman–Crippen LogP) is 1.21. The lowest BCUT2D eigenvalue weighted by Crippen LogP contribution is -1.70. The Morgan fingerprint density at radius 3 is 3.00 bits per heavy atom. The lowest BCUT2D eigenvalue weighted by atomic mass is 10.4. The van der Waals surface area contributed by atoms with E-state index in [-0.39, 0.29) is 0 Å². The third-order valence-electron chi connectivity index (χ3n) is 0.642. The fraction of sp³-hybridized carbons (Fsp3) is 0.500. The zero-order chi connectivity index (χ0) is 4.41. The Hall–Kier alpha value is -0.500. The SMILES string of the molecule is CC1=CO[N-]C1. The smallest absolute Gasteiger partial charge is 0.0600 e. The van der Waals surface area contributed by atoms with Gasteiger partial charge in [-0.3, -0.25) is 0 Å². The molecule has 0 aromatic heterocycles. The van der Waals surface area contributed by atoms with Gasteiger partial charge in [-0.2, -0.15) is 0 Å². The second-order valence-electron chi connectivity index (χ2n) is 1.36. The molecule has 1 rings (SSSR count). The minimum absolute atomic E-state index is 0.750. The number of nitrogens with zero attached hydrogens (tertiary/aromatic N) is 1. The molecule has 0 atom stereocenters. The molecule has 0 fully saturated rings. The fourth-order valence-electron chi connectivity index (χ4n) is 0.304. The van der Waals surface area contributed by atoms with E-state index in [9.17, 15) is 0 Å². The largest absolute Gasteiger partial charge is 0.592 e. The van der Waals surface area contributed by atoms with Crippen molar-refractivity contribution in [1.29, 1.82) is 0 Å². The predicted molar refractivity (Wildman–Crippen MR) is 23.1 cm³/mol. The van der Waals surface area contributed by atoms with Crippen molar-refractivity contribution in [3.63, 3.8) is 0 Å². The van der Waals surface area contributed by atoms with Gasteiger partial charge in [-0.1, -0.05) is 12.1 Å². The quantitative estimate of drug-likeness (QED) is 0.432. The molecule has 1 aliphatic heterocycles. The number of rotatable bonds is 0. The van der Waals surface area contributed by atoms with Gasteiger partial charge in [0.05, 0.1) is 6.26 Å². The second kappa shape index (κ2) is 1.30. The highest BCUT2D eigenvalue weighted by Crippen LogP contribution is 2.07. The highest BCUT2D eigenvalue weighted by Gasteiger charge is 1.82. The van der Waals surface area contributed by atoms with E-state index in [1.807, 2.05) is 6.92 Å². The third-order valence-corrected chi connectivity index (χ3v) is 0.642. The van der Waals surface area contributed by atoms with Crippen LogP contribution >= 0.6 is 0 Å². The average molecular weight is 84.1 g/mol. The molecule has 2 heteroatoms. The van der Waals surface area contributed by atoms with Crippen LogP contribution in [0.5, 0.6) is 0 Å². The van der Waals surface area contributed by atoms with Crippen LogP contribution in [-0.4, -0.2) is 6.54 Å². The Kier molecular flexibility index (Phi) is 0.801. The normalized spacial score (nSPS) is 19.8. The lowest BCUT2D eigenvalue weighted by Gasteiger charge is -2.05. The molecule has 0 bridgehead atoms. The molecule has 0 aliphatic carbocycles. The minimum atomic E-state index is 0.750. The van der Waals surface area contributed by atoms with Gasteiger partial charge in [0.1, 0.15) is 0 Å². The maximum absolute atomic E-state index is 4.52. The van der Waals surface area contributed by atoms with Crippen molar-refractivity contribution >= 4 is 0 Å². The van der Waals surface area contributed by atoms with Gasteiger partial charge in [-0.25, -0.2) is 0 Å². The van der Waals surface area contributed by atoms with Crippen molar-refractivity contribution in [2.45, 2.75) is 6.92 Å². The summed E-state index contributed by atoms with van der Waals surface area (Å²) in [5.74, 6) is 0. The molecule has 0 saturated heterocycles. The Morgan fingerprint density at radius 2 is 2.83 bits per heavy atom. The Balaban J connectivity index is 2.45. The first-order chi connectivity index (χ1) is 2.89. The van der Waals surface area contributed by atoms with Crippen LogP contribution in [0, 0.1) is 0 Å². The van der Waals surface area contributed by atoms with Crippen LogP contribution in [0.4, 0.5) is 0 Å². The molecular weight excluding hydrogens is 78.0 g/mol. The van der Waals surface area contributed by atoms with Crippen LogP contribution in [-0.2, 0) is 4.84 Å². The van der Waals surface area contributed by atoms with Gasteiger partial charge >= 0.3 is 0 Å². The molecule has 0 amide bonds. The van der Waals surface area contributed by atoms with E-state index in [0.717, 1.165) is 6.54 Å². The van der Waals surface area contributed by atoms with Gasteiger partial charge in [-0.05, 0) is 6.92 Å². The molecule has 1 heterocycles. The molecule has 0 spiro atoms. The van der Waals surface area contributed by atoms with E-state index in [4.69, 9.17) is 0 Å². The average Bonchev–Trinajstić information content (AvgIpc) is 1.86. The molecule has 2 nitrogen and oxygen atoms in total. The van der Waals surface area contributed by atoms with E-state index in [2.05, 4.69) is 10.3 Å². The highest BCUT2D eigenvalue weighted by molar-refractivity contribution is 5.06. The Labute approximate surface area is 36.8 Å². The fourth-order valence-corrected chi connectivity index (χ4v) is 0.304. The van der Waals surface area contributed by atoms with Crippen molar-refractivity contribution in [3.8, 4) is 0 Å². The number of hydrogen-bond donors (Lipinski definition) is 0. The van der Waals surface area contributed by atoms with E-state index in [1.54, 1.807) is 6.26 Å². The van der Waals surface area contributed by atoms with Crippen molar-refractivity contribution < 1.29 is 4.84 Å². The van der Waals surface area contributed by atoms with Crippen molar-refractivity contribution in [1.82, 2.24) is 0 Å². The lowest BCUT2D eigenvalue weighted by molar-refractivity contribution is 0.375. The monoisotopic (exact) mass is 84.0 g/mol. The summed E-state index contributed by atoms with van der Waals surface area (Å²) in [6, 6.07) is 0. The highest BCUT2D eigenvalue weighted by atomic mass is 16.6. The van der Waals surface area contributed by atoms with Gasteiger partial charge in [0.2, 0.25) is 0 Å². The maximum atomic E-state index is 4.52. The minimum Gasteiger partial charge on any atom is -0.592 e. The molecule has 0 N–H and O–H groups in total. The molecule has 0 aromatic carbocycles. The van der Waals surface area contributed by atoms with Crippen LogP contribution in [0.3, 0.4) is 0 Å². The van der Waals surface area contributed by atoms with Crippen LogP contribution < -0.4 is 0 Å². The van der Waals surface area contributed by atoms with Gasteiger partial charge in [0.15, 0.2) is 0 Å². The topological polar surface area (TPSA) is 23.3 Å². The van der Waals surface area contributed by atoms with E-state index in [1.165, 1.54) is 5.57 Å². The van der Waals surface area contributed by atoms with E-state index < -0.39 is 0 Å². The zero-order valence-electron chi connectivity index (χ0n) is 3.64. The van der Waals surface area contributed by atoms with Crippen LogP contribution in [0.25, 0.3) is 5.48 Å². The van der Waals surface area contributed by atoms with Crippen molar-refractivity contribution in [2.75, 3.05) is 6.54 Å². The summed E-state index contributed by atoms with van der Waals surface area (Å²) in [4.78, 5) is 4.52. The molecule has 34 valence electrons. The summed E-state index contributed by atoms with van der Waals surface area (Å²) < 4.78 is 0.